The van der Waals surface area contributed by atoms with Crippen LogP contribution in [0.15, 0.2) is 21.3 Å². The van der Waals surface area contributed by atoms with Crippen LogP contribution >= 0.6 is 0 Å². The fraction of sp³-hybridized carbons (Fsp3) is 0.526. The van der Waals surface area contributed by atoms with Crippen LogP contribution in [0.5, 0.6) is 17.2 Å². The summed E-state index contributed by atoms with van der Waals surface area (Å²) in [6.45, 7) is 4.42. The number of hydrogen-bond donors (Lipinski definition) is 1. The Morgan fingerprint density at radius 2 is 1.92 bits per heavy atom. The van der Waals surface area contributed by atoms with Crippen molar-refractivity contribution in [2.24, 2.45) is 0 Å². The van der Waals surface area contributed by atoms with E-state index in [0.29, 0.717) is 29.0 Å². The zero-order chi connectivity index (χ0) is 18.7. The normalized spacial score (nSPS) is 16.0. The Balaban J connectivity index is 1.92. The number of benzene rings is 1. The number of aryl methyl sites for hydroxylation is 1. The lowest BCUT2D eigenvalue weighted by Crippen LogP contribution is -2.33. The first-order chi connectivity index (χ1) is 12.5. The van der Waals surface area contributed by atoms with Gasteiger partial charge in [0.25, 0.3) is 0 Å². The summed E-state index contributed by atoms with van der Waals surface area (Å²) in [5.74, 6) is 1.08. The van der Waals surface area contributed by atoms with E-state index in [1.54, 1.807) is 6.07 Å². The van der Waals surface area contributed by atoms with Gasteiger partial charge in [0.2, 0.25) is 11.5 Å². The van der Waals surface area contributed by atoms with Crippen LogP contribution < -0.4 is 19.8 Å². The highest BCUT2D eigenvalue weighted by Gasteiger charge is 2.22. The first-order valence-electron chi connectivity index (χ1n) is 8.76. The number of fused-ring (bicyclic) bond motifs is 1. The highest BCUT2D eigenvalue weighted by molar-refractivity contribution is 5.90. The molecule has 26 heavy (non-hydrogen) atoms. The molecule has 0 amide bonds. The molecule has 0 spiro atoms. The summed E-state index contributed by atoms with van der Waals surface area (Å²) in [6, 6.07) is 3.17. The third kappa shape index (κ3) is 3.78. The van der Waals surface area contributed by atoms with E-state index in [4.69, 9.17) is 18.6 Å². The smallest absolute Gasteiger partial charge is 0.336 e. The Kier molecular flexibility index (Phi) is 5.68. The summed E-state index contributed by atoms with van der Waals surface area (Å²) >= 11 is 0. The second-order valence-electron chi connectivity index (χ2n) is 6.54. The van der Waals surface area contributed by atoms with Gasteiger partial charge in [0, 0.05) is 18.0 Å². The fourth-order valence-electron chi connectivity index (χ4n) is 3.35. The van der Waals surface area contributed by atoms with Gasteiger partial charge in [0.15, 0.2) is 11.3 Å². The third-order valence-corrected chi connectivity index (χ3v) is 4.63. The lowest BCUT2D eigenvalue weighted by Gasteiger charge is -2.21. The molecule has 0 aliphatic carbocycles. The van der Waals surface area contributed by atoms with E-state index in [2.05, 4.69) is 4.90 Å². The maximum absolute atomic E-state index is 11.8. The van der Waals surface area contributed by atoms with Crippen molar-refractivity contribution >= 4 is 11.0 Å². The Morgan fingerprint density at radius 3 is 2.58 bits per heavy atom. The summed E-state index contributed by atoms with van der Waals surface area (Å²) in [5.41, 5.74) is 0.574. The molecule has 1 fully saturated rings. The van der Waals surface area contributed by atoms with Crippen molar-refractivity contribution in [2.75, 3.05) is 40.5 Å². The van der Waals surface area contributed by atoms with Crippen LogP contribution in [0.3, 0.4) is 0 Å². The standard InChI is InChI=1S/C19H25NO6/c1-12-8-16(22)26-17-14(12)9-15(23-2)18(24-3)19(17)25-11-13(21)10-20-6-4-5-7-20/h8-9,13,21H,4-7,10-11H2,1-3H3/t13-/m0/s1. The van der Waals surface area contributed by atoms with Gasteiger partial charge in [-0.1, -0.05) is 0 Å². The van der Waals surface area contributed by atoms with E-state index < -0.39 is 11.7 Å². The molecule has 1 aliphatic heterocycles. The Labute approximate surface area is 152 Å². The van der Waals surface area contributed by atoms with Crippen molar-refractivity contribution in [3.8, 4) is 17.2 Å². The minimum absolute atomic E-state index is 0.0623. The van der Waals surface area contributed by atoms with Crippen LogP contribution in [0, 0.1) is 6.92 Å². The van der Waals surface area contributed by atoms with Gasteiger partial charge < -0.3 is 28.6 Å². The van der Waals surface area contributed by atoms with Crippen molar-refractivity contribution in [3.63, 3.8) is 0 Å². The Morgan fingerprint density at radius 1 is 1.19 bits per heavy atom. The number of rotatable bonds is 7. The highest BCUT2D eigenvalue weighted by atomic mass is 16.5. The van der Waals surface area contributed by atoms with Gasteiger partial charge in [0.05, 0.1) is 14.2 Å². The highest BCUT2D eigenvalue weighted by Crippen LogP contribution is 2.43. The first-order valence-corrected chi connectivity index (χ1v) is 8.76. The summed E-state index contributed by atoms with van der Waals surface area (Å²) in [7, 11) is 3.02. The number of likely N-dealkylation sites (tertiary alicyclic amines) is 1. The predicted molar refractivity (Wildman–Crippen MR) is 97.5 cm³/mol. The molecule has 1 aliphatic rings. The van der Waals surface area contributed by atoms with Crippen molar-refractivity contribution in [3.05, 3.63) is 28.1 Å². The molecule has 0 radical (unpaired) electrons. The monoisotopic (exact) mass is 363 g/mol. The number of aliphatic hydroxyl groups excluding tert-OH is 1. The fourth-order valence-corrected chi connectivity index (χ4v) is 3.35. The van der Waals surface area contributed by atoms with E-state index >= 15 is 0 Å². The van der Waals surface area contributed by atoms with Crippen LogP contribution in [0.25, 0.3) is 11.0 Å². The number of aliphatic hydroxyl groups is 1. The number of nitrogens with zero attached hydrogens (tertiary/aromatic N) is 1. The van der Waals surface area contributed by atoms with Crippen molar-refractivity contribution in [1.29, 1.82) is 0 Å². The maximum atomic E-state index is 11.8. The summed E-state index contributed by atoms with van der Waals surface area (Å²) in [5, 5.41) is 11.0. The SMILES string of the molecule is COc1cc2c(C)cc(=O)oc2c(OC[C@@H](O)CN2CCCC2)c1OC. The number of ether oxygens (including phenoxy) is 3. The lowest BCUT2D eigenvalue weighted by molar-refractivity contribution is 0.0747. The van der Waals surface area contributed by atoms with Gasteiger partial charge in [-0.2, -0.15) is 0 Å². The zero-order valence-corrected chi connectivity index (χ0v) is 15.4. The van der Waals surface area contributed by atoms with E-state index in [1.807, 2.05) is 6.92 Å². The van der Waals surface area contributed by atoms with Gasteiger partial charge in [-0.25, -0.2) is 4.79 Å². The van der Waals surface area contributed by atoms with E-state index in [0.717, 1.165) is 31.5 Å². The van der Waals surface area contributed by atoms with E-state index in [9.17, 15) is 9.90 Å². The molecule has 7 nitrogen and oxygen atoms in total. The predicted octanol–water partition coefficient (Wildman–Crippen LogP) is 1.95. The average Bonchev–Trinajstić information content (AvgIpc) is 3.11. The average molecular weight is 363 g/mol. The largest absolute Gasteiger partial charge is 0.493 e. The molecule has 1 atom stereocenters. The molecule has 2 heterocycles. The molecule has 1 saturated heterocycles. The summed E-state index contributed by atoms with van der Waals surface area (Å²) < 4.78 is 22.0. The molecule has 0 saturated carbocycles. The molecular weight excluding hydrogens is 338 g/mol. The molecule has 142 valence electrons. The molecule has 1 aromatic heterocycles. The molecule has 2 aromatic rings. The summed E-state index contributed by atoms with van der Waals surface area (Å²) in [6.07, 6.45) is 1.66. The molecule has 3 rings (SSSR count). The van der Waals surface area contributed by atoms with Crippen LogP contribution in [-0.2, 0) is 0 Å². The zero-order valence-electron chi connectivity index (χ0n) is 15.4. The number of β-amino-alcohol motifs (C(OH)–C–C–N with tert-alkyl or cyclic N) is 1. The molecule has 7 heteroatoms. The second kappa shape index (κ2) is 7.97. The Hall–Kier alpha value is -2.25. The third-order valence-electron chi connectivity index (χ3n) is 4.63. The molecular formula is C19H25NO6. The number of hydrogen-bond acceptors (Lipinski definition) is 7. The molecule has 1 aromatic carbocycles. The van der Waals surface area contributed by atoms with Crippen molar-refractivity contribution in [2.45, 2.75) is 25.9 Å². The van der Waals surface area contributed by atoms with E-state index in [-0.39, 0.29) is 12.4 Å². The van der Waals surface area contributed by atoms with Crippen LogP contribution in [0.4, 0.5) is 0 Å². The quantitative estimate of drug-likeness (QED) is 0.753. The van der Waals surface area contributed by atoms with Gasteiger partial charge in [-0.15, -0.1) is 0 Å². The van der Waals surface area contributed by atoms with Gasteiger partial charge in [-0.05, 0) is 44.5 Å². The van der Waals surface area contributed by atoms with E-state index in [1.165, 1.54) is 20.3 Å². The maximum Gasteiger partial charge on any atom is 0.336 e. The summed E-state index contributed by atoms with van der Waals surface area (Å²) in [4.78, 5) is 14.0. The second-order valence-corrected chi connectivity index (χ2v) is 6.54. The van der Waals surface area contributed by atoms with Gasteiger partial charge >= 0.3 is 5.63 Å². The molecule has 1 N–H and O–H groups in total. The lowest BCUT2D eigenvalue weighted by atomic mass is 10.1. The minimum Gasteiger partial charge on any atom is -0.493 e. The van der Waals surface area contributed by atoms with Crippen LogP contribution in [-0.4, -0.2) is 56.6 Å². The first kappa shape index (κ1) is 18.5. The van der Waals surface area contributed by atoms with Gasteiger partial charge in [0.1, 0.15) is 12.7 Å². The van der Waals surface area contributed by atoms with Crippen LogP contribution in [0.1, 0.15) is 18.4 Å². The van der Waals surface area contributed by atoms with Crippen molar-refractivity contribution in [1.82, 2.24) is 4.90 Å². The van der Waals surface area contributed by atoms with Crippen LogP contribution in [0.2, 0.25) is 0 Å². The Bertz CT molecular complexity index is 825. The minimum atomic E-state index is -0.657. The van der Waals surface area contributed by atoms with Crippen molar-refractivity contribution < 1.29 is 23.7 Å². The molecule has 0 unspecified atom stereocenters. The number of methoxy groups -OCH3 is 2. The van der Waals surface area contributed by atoms with Gasteiger partial charge in [-0.3, -0.25) is 0 Å². The molecule has 0 bridgehead atoms. The topological polar surface area (TPSA) is 81.4 Å².